The van der Waals surface area contributed by atoms with Gasteiger partial charge in [0.05, 0.1) is 44.3 Å². The molecule has 0 radical (unpaired) electrons. The average molecular weight is 530 g/mol. The zero-order valence-electron chi connectivity index (χ0n) is 19.0. The van der Waals surface area contributed by atoms with Crippen LogP contribution < -0.4 is 5.43 Å². The molecule has 5 rings (SSSR count). The first kappa shape index (κ1) is 24.2. The highest BCUT2D eigenvalue weighted by atomic mass is 35.5. The van der Waals surface area contributed by atoms with Gasteiger partial charge >= 0.3 is 0 Å². The number of halogens is 2. The van der Waals surface area contributed by atoms with E-state index in [1.54, 1.807) is 59.3 Å². The summed E-state index contributed by atoms with van der Waals surface area (Å²) in [6.45, 7) is 0. The maximum absolute atomic E-state index is 13.2. The van der Waals surface area contributed by atoms with E-state index in [0.717, 1.165) is 0 Å². The lowest BCUT2D eigenvalue weighted by Crippen LogP contribution is -2.18. The molecule has 2 heterocycles. The van der Waals surface area contributed by atoms with Crippen molar-refractivity contribution >= 4 is 51.9 Å². The smallest absolute Gasteiger partial charge is 0.272 e. The molecule has 8 nitrogen and oxygen atoms in total. The molecular weight excluding hydrogens is 513 g/mol. The van der Waals surface area contributed by atoms with Gasteiger partial charge in [0, 0.05) is 34.3 Å². The molecule has 5 aromatic rings. The van der Waals surface area contributed by atoms with Gasteiger partial charge in [0.15, 0.2) is 0 Å². The fourth-order valence-electron chi connectivity index (χ4n) is 3.91. The molecule has 0 aliphatic heterocycles. The van der Waals surface area contributed by atoms with Crippen LogP contribution in [0.4, 0.5) is 5.69 Å². The standard InChI is InChI=1S/C27H17Cl2N5O3/c28-17-10-11-22(24(29)13-17)26-15-23(21-8-1-2-9-25(21)31-26)27(35)32-30-16-20-7-4-12-33(20)18-5-3-6-19(14-18)34(36)37/h1-16H,(H,32,35)/b30-16-. The van der Waals surface area contributed by atoms with Crippen LogP contribution in [0.15, 0.2) is 96.2 Å². The molecule has 0 atom stereocenters. The van der Waals surface area contributed by atoms with Crippen molar-refractivity contribution in [3.05, 3.63) is 123 Å². The fraction of sp³-hybridized carbons (Fsp3) is 0. The predicted octanol–water partition coefficient (Wildman–Crippen LogP) is 6.67. The number of carbonyl (C=O) groups excluding carboxylic acids is 1. The summed E-state index contributed by atoms with van der Waals surface area (Å²) in [4.78, 5) is 28.5. The Kier molecular flexibility index (Phi) is 6.68. The first-order valence-electron chi connectivity index (χ1n) is 11.0. The van der Waals surface area contributed by atoms with Crippen molar-refractivity contribution in [2.75, 3.05) is 0 Å². The van der Waals surface area contributed by atoms with Crippen LogP contribution in [-0.4, -0.2) is 26.6 Å². The summed E-state index contributed by atoms with van der Waals surface area (Å²) < 4.78 is 1.73. The fourth-order valence-corrected chi connectivity index (χ4v) is 4.41. The predicted molar refractivity (Wildman–Crippen MR) is 145 cm³/mol. The Morgan fingerprint density at radius 3 is 2.65 bits per heavy atom. The molecule has 0 aliphatic rings. The van der Waals surface area contributed by atoms with E-state index in [0.29, 0.717) is 49.2 Å². The van der Waals surface area contributed by atoms with E-state index in [2.05, 4.69) is 15.5 Å². The van der Waals surface area contributed by atoms with Crippen molar-refractivity contribution in [2.45, 2.75) is 0 Å². The number of hydrazone groups is 1. The molecule has 10 heteroatoms. The second-order valence-electron chi connectivity index (χ2n) is 7.98. The van der Waals surface area contributed by atoms with E-state index >= 15 is 0 Å². The van der Waals surface area contributed by atoms with Gasteiger partial charge in [0.1, 0.15) is 0 Å². The third-order valence-corrected chi connectivity index (χ3v) is 6.18. The van der Waals surface area contributed by atoms with E-state index < -0.39 is 10.8 Å². The number of hydrogen-bond donors (Lipinski definition) is 1. The van der Waals surface area contributed by atoms with Crippen molar-refractivity contribution in [2.24, 2.45) is 5.10 Å². The molecule has 0 saturated heterocycles. The van der Waals surface area contributed by atoms with Gasteiger partial charge in [0.25, 0.3) is 11.6 Å². The Bertz CT molecular complexity index is 1700. The summed E-state index contributed by atoms with van der Waals surface area (Å²) in [5.74, 6) is -0.436. The molecule has 3 aromatic carbocycles. The average Bonchev–Trinajstić information content (AvgIpc) is 3.36. The van der Waals surface area contributed by atoms with Crippen LogP contribution in [0.25, 0.3) is 27.8 Å². The second-order valence-corrected chi connectivity index (χ2v) is 8.82. The van der Waals surface area contributed by atoms with Crippen LogP contribution in [0.5, 0.6) is 0 Å². The SMILES string of the molecule is O=C(N/N=C\c1cccn1-c1cccc([N+](=O)[O-])c1)c1cc(-c2ccc(Cl)cc2Cl)nc2ccccc12. The Labute approximate surface area is 220 Å². The third-order valence-electron chi connectivity index (χ3n) is 5.63. The Morgan fingerprint density at radius 1 is 1.00 bits per heavy atom. The quantitative estimate of drug-likeness (QED) is 0.150. The van der Waals surface area contributed by atoms with Crippen LogP contribution in [0.1, 0.15) is 16.1 Å². The summed E-state index contributed by atoms with van der Waals surface area (Å²) in [5.41, 5.74) is 5.92. The minimum absolute atomic E-state index is 0.0245. The van der Waals surface area contributed by atoms with E-state index in [-0.39, 0.29) is 5.69 Å². The number of nitrogens with zero attached hydrogens (tertiary/aromatic N) is 4. The van der Waals surface area contributed by atoms with E-state index in [1.165, 1.54) is 18.3 Å². The number of aromatic nitrogens is 2. The molecule has 37 heavy (non-hydrogen) atoms. The van der Waals surface area contributed by atoms with E-state index in [1.807, 2.05) is 24.3 Å². The van der Waals surface area contributed by atoms with Crippen molar-refractivity contribution in [1.82, 2.24) is 15.0 Å². The van der Waals surface area contributed by atoms with Gasteiger partial charge in [-0.3, -0.25) is 14.9 Å². The minimum atomic E-state index is -0.453. The second kappa shape index (κ2) is 10.2. The largest absolute Gasteiger partial charge is 0.315 e. The molecule has 2 aromatic heterocycles. The van der Waals surface area contributed by atoms with Crippen molar-refractivity contribution in [3.63, 3.8) is 0 Å². The van der Waals surface area contributed by atoms with E-state index in [9.17, 15) is 14.9 Å². The van der Waals surface area contributed by atoms with Crippen LogP contribution in [0.2, 0.25) is 10.0 Å². The number of carbonyl (C=O) groups is 1. The molecule has 0 saturated carbocycles. The first-order valence-corrected chi connectivity index (χ1v) is 11.8. The molecule has 0 fully saturated rings. The number of non-ortho nitro benzene ring substituents is 1. The minimum Gasteiger partial charge on any atom is -0.315 e. The maximum Gasteiger partial charge on any atom is 0.272 e. The Hall–Kier alpha value is -4.53. The number of hydrogen-bond acceptors (Lipinski definition) is 5. The molecule has 182 valence electrons. The molecule has 1 amide bonds. The van der Waals surface area contributed by atoms with Crippen LogP contribution in [0, 0.1) is 10.1 Å². The first-order chi connectivity index (χ1) is 17.9. The van der Waals surface area contributed by atoms with Gasteiger partial charge in [-0.25, -0.2) is 10.4 Å². The van der Waals surface area contributed by atoms with Crippen molar-refractivity contribution in [3.8, 4) is 16.9 Å². The highest BCUT2D eigenvalue weighted by Gasteiger charge is 2.15. The maximum atomic E-state index is 13.2. The molecule has 0 bridgehead atoms. The molecule has 0 spiro atoms. The third kappa shape index (κ3) is 5.06. The summed E-state index contributed by atoms with van der Waals surface area (Å²) in [5, 5.41) is 16.8. The number of para-hydroxylation sites is 1. The zero-order chi connectivity index (χ0) is 25.9. The van der Waals surface area contributed by atoms with Gasteiger partial charge in [0.2, 0.25) is 0 Å². The summed E-state index contributed by atoms with van der Waals surface area (Å²) in [6.07, 6.45) is 3.22. The number of benzene rings is 3. The van der Waals surface area contributed by atoms with Crippen LogP contribution in [0.3, 0.4) is 0 Å². The number of pyridine rings is 1. The summed E-state index contributed by atoms with van der Waals surface area (Å²) in [7, 11) is 0. The molecule has 0 aliphatic carbocycles. The van der Waals surface area contributed by atoms with Gasteiger partial charge in [-0.1, -0.05) is 47.5 Å². The highest BCUT2D eigenvalue weighted by Crippen LogP contribution is 2.31. The van der Waals surface area contributed by atoms with Crippen molar-refractivity contribution < 1.29 is 9.72 Å². The lowest BCUT2D eigenvalue weighted by atomic mass is 10.0. The number of fused-ring (bicyclic) bond motifs is 1. The molecule has 0 unspecified atom stereocenters. The number of amides is 1. The summed E-state index contributed by atoms with van der Waals surface area (Å²) in [6, 6.07) is 23.8. The monoisotopic (exact) mass is 529 g/mol. The normalized spacial score (nSPS) is 11.2. The number of nitro benzene ring substituents is 1. The van der Waals surface area contributed by atoms with Gasteiger partial charge in [-0.05, 0) is 48.5 Å². The van der Waals surface area contributed by atoms with E-state index in [4.69, 9.17) is 23.2 Å². The van der Waals surface area contributed by atoms with Gasteiger partial charge < -0.3 is 4.57 Å². The molecular formula is C27H17Cl2N5O3. The van der Waals surface area contributed by atoms with Gasteiger partial charge in [-0.15, -0.1) is 0 Å². The number of nitro groups is 1. The zero-order valence-corrected chi connectivity index (χ0v) is 20.5. The van der Waals surface area contributed by atoms with Crippen LogP contribution >= 0.6 is 23.2 Å². The summed E-state index contributed by atoms with van der Waals surface area (Å²) >= 11 is 12.4. The lowest BCUT2D eigenvalue weighted by Gasteiger charge is -2.10. The highest BCUT2D eigenvalue weighted by molar-refractivity contribution is 6.36. The van der Waals surface area contributed by atoms with Crippen LogP contribution in [-0.2, 0) is 0 Å². The number of rotatable bonds is 6. The lowest BCUT2D eigenvalue weighted by molar-refractivity contribution is -0.384. The molecule has 1 N–H and O–H groups in total. The van der Waals surface area contributed by atoms with Crippen molar-refractivity contribution in [1.29, 1.82) is 0 Å². The topological polar surface area (TPSA) is 102 Å². The van der Waals surface area contributed by atoms with Gasteiger partial charge in [-0.2, -0.15) is 5.10 Å². The Balaban J connectivity index is 1.45. The number of nitrogens with one attached hydrogen (secondary N) is 1. The Morgan fingerprint density at radius 2 is 1.84 bits per heavy atom.